The van der Waals surface area contributed by atoms with Gasteiger partial charge in [-0.05, 0) is 104 Å². The number of fused-ring (bicyclic) bond motifs is 11. The van der Waals surface area contributed by atoms with Crippen molar-refractivity contribution in [3.8, 4) is 5.75 Å². The van der Waals surface area contributed by atoms with E-state index in [0.29, 0.717) is 5.92 Å². The number of hydrogen-bond acceptors (Lipinski definition) is 3. The van der Waals surface area contributed by atoms with Crippen LogP contribution in [0, 0.1) is 17.8 Å². The summed E-state index contributed by atoms with van der Waals surface area (Å²) in [4.78, 5) is 0. The number of benzene rings is 1. The predicted octanol–water partition coefficient (Wildman–Crippen LogP) is 8.29. The number of nitrogens with zero attached hydrogens (tertiary/aromatic N) is 1. The molecule has 10 rings (SSSR count). The van der Waals surface area contributed by atoms with Crippen molar-refractivity contribution in [3.05, 3.63) is 136 Å². The van der Waals surface area contributed by atoms with Crippen molar-refractivity contribution < 1.29 is 9.47 Å². The Balaban J connectivity index is 1.13. The minimum absolute atomic E-state index is 0.0106. The first-order valence-corrected chi connectivity index (χ1v) is 17.7. The molecule has 1 fully saturated rings. The second-order valence-corrected chi connectivity index (χ2v) is 14.3. The van der Waals surface area contributed by atoms with E-state index in [1.54, 1.807) is 0 Å². The number of allylic oxidation sites excluding steroid dienone is 10. The maximum absolute atomic E-state index is 7.08. The van der Waals surface area contributed by atoms with Crippen LogP contribution in [0.3, 0.4) is 0 Å². The van der Waals surface area contributed by atoms with Crippen LogP contribution < -0.4 is 10.1 Å². The highest BCUT2D eigenvalue weighted by molar-refractivity contribution is 5.72. The van der Waals surface area contributed by atoms with Crippen LogP contribution in [0.1, 0.15) is 66.6 Å². The second-order valence-electron chi connectivity index (χ2n) is 14.3. The van der Waals surface area contributed by atoms with Crippen molar-refractivity contribution in [2.75, 3.05) is 6.54 Å². The third-order valence-electron chi connectivity index (χ3n) is 12.0. The van der Waals surface area contributed by atoms with Crippen molar-refractivity contribution in [1.29, 1.82) is 0 Å². The van der Waals surface area contributed by atoms with Crippen LogP contribution >= 0.6 is 0 Å². The molecule has 3 aliphatic heterocycles. The average molecular weight is 607 g/mol. The molecule has 6 atom stereocenters. The molecule has 1 spiro atoms. The average Bonchev–Trinajstić information content (AvgIpc) is 3.46. The lowest BCUT2D eigenvalue weighted by atomic mass is 9.51. The number of para-hydroxylation sites is 1. The number of hydrogen-bond donors (Lipinski definition) is 1. The molecular weight excluding hydrogens is 564 g/mol. The summed E-state index contributed by atoms with van der Waals surface area (Å²) in [5.41, 5.74) is 11.0. The van der Waals surface area contributed by atoms with E-state index in [-0.39, 0.29) is 29.5 Å². The van der Waals surface area contributed by atoms with Gasteiger partial charge in [0.25, 0.3) is 0 Å². The summed E-state index contributed by atoms with van der Waals surface area (Å²) in [7, 11) is 0. The fourth-order valence-corrected chi connectivity index (χ4v) is 10.1. The van der Waals surface area contributed by atoms with Gasteiger partial charge in [-0.2, -0.15) is 0 Å². The lowest BCUT2D eigenvalue weighted by molar-refractivity contribution is 0.00677. The summed E-state index contributed by atoms with van der Waals surface area (Å²) in [5.74, 6) is 3.00. The van der Waals surface area contributed by atoms with E-state index in [1.165, 1.54) is 57.8 Å². The Kier molecular flexibility index (Phi) is 6.19. The summed E-state index contributed by atoms with van der Waals surface area (Å²) in [5, 5.41) is 3.64. The Labute approximate surface area is 272 Å². The molecule has 1 saturated heterocycles. The van der Waals surface area contributed by atoms with Crippen molar-refractivity contribution >= 4 is 11.8 Å². The van der Waals surface area contributed by atoms with Crippen LogP contribution in [0.5, 0.6) is 5.75 Å². The van der Waals surface area contributed by atoms with Crippen molar-refractivity contribution in [2.45, 2.75) is 75.5 Å². The molecule has 1 aromatic carbocycles. The van der Waals surface area contributed by atoms with E-state index >= 15 is 0 Å². The summed E-state index contributed by atoms with van der Waals surface area (Å²) in [6.07, 6.45) is 37.9. The highest BCUT2D eigenvalue weighted by atomic mass is 16.5. The monoisotopic (exact) mass is 606 g/mol. The van der Waals surface area contributed by atoms with Crippen LogP contribution in [0.4, 0.5) is 0 Å². The molecule has 1 N–H and O–H groups in total. The van der Waals surface area contributed by atoms with E-state index in [9.17, 15) is 0 Å². The number of rotatable bonds is 2. The highest BCUT2D eigenvalue weighted by Gasteiger charge is 2.61. The van der Waals surface area contributed by atoms with Crippen molar-refractivity contribution in [1.82, 2.24) is 9.88 Å². The molecule has 0 radical (unpaired) electrons. The molecule has 6 unspecified atom stereocenters. The van der Waals surface area contributed by atoms with Gasteiger partial charge in [0.1, 0.15) is 23.7 Å². The van der Waals surface area contributed by atoms with E-state index in [0.717, 1.165) is 63.1 Å². The van der Waals surface area contributed by atoms with Crippen LogP contribution in [0.2, 0.25) is 0 Å². The van der Waals surface area contributed by atoms with Gasteiger partial charge in [0.2, 0.25) is 0 Å². The fraction of sp³-hybridized carbons (Fsp3) is 0.381. The molecular formula is C42H42N2O2. The van der Waals surface area contributed by atoms with Crippen LogP contribution in [0.25, 0.3) is 11.8 Å². The lowest BCUT2D eigenvalue weighted by Gasteiger charge is -2.57. The Morgan fingerprint density at radius 1 is 0.804 bits per heavy atom. The molecule has 0 amide bonds. The van der Waals surface area contributed by atoms with Crippen LogP contribution in [0.15, 0.2) is 108 Å². The third kappa shape index (κ3) is 3.83. The number of ether oxygens (including phenoxy) is 2. The molecule has 5 aliphatic carbocycles. The first kappa shape index (κ1) is 27.1. The van der Waals surface area contributed by atoms with E-state index in [4.69, 9.17) is 9.47 Å². The smallest absolute Gasteiger partial charge is 0.127 e. The van der Waals surface area contributed by atoms with Gasteiger partial charge in [-0.15, -0.1) is 0 Å². The lowest BCUT2D eigenvalue weighted by Crippen LogP contribution is -2.58. The van der Waals surface area contributed by atoms with Crippen molar-refractivity contribution in [3.63, 3.8) is 0 Å². The second kappa shape index (κ2) is 10.5. The zero-order valence-electron chi connectivity index (χ0n) is 26.5. The molecule has 0 bridgehead atoms. The van der Waals surface area contributed by atoms with E-state index in [2.05, 4.69) is 107 Å². The van der Waals surface area contributed by atoms with E-state index in [1.807, 2.05) is 0 Å². The first-order valence-electron chi connectivity index (χ1n) is 17.7. The van der Waals surface area contributed by atoms with Gasteiger partial charge in [0, 0.05) is 65.0 Å². The Hall–Kier alpha value is -4.02. The zero-order valence-corrected chi connectivity index (χ0v) is 26.5. The molecule has 1 aromatic heterocycles. The highest BCUT2D eigenvalue weighted by Crippen LogP contribution is 2.62. The molecule has 4 heteroatoms. The summed E-state index contributed by atoms with van der Waals surface area (Å²) >= 11 is 0. The Bertz CT molecular complexity index is 1870. The maximum Gasteiger partial charge on any atom is 0.127 e. The van der Waals surface area contributed by atoms with Gasteiger partial charge >= 0.3 is 0 Å². The van der Waals surface area contributed by atoms with Gasteiger partial charge in [0.15, 0.2) is 0 Å². The zero-order chi connectivity index (χ0) is 30.2. The summed E-state index contributed by atoms with van der Waals surface area (Å²) in [6, 6.07) is 8.88. The number of aromatic nitrogens is 1. The van der Waals surface area contributed by atoms with Gasteiger partial charge in [-0.3, -0.25) is 0 Å². The SMILES string of the molecule is C1=Cc2c(c3c(n2C2=CC4OC5=CCCC=C5C5(c6ccccc6OC6C=C(C7CC=CCC7)C=CC65)C4C=C2)CCNC3)CC1. The Morgan fingerprint density at radius 2 is 1.70 bits per heavy atom. The van der Waals surface area contributed by atoms with Gasteiger partial charge in [-0.25, -0.2) is 0 Å². The molecule has 232 valence electrons. The van der Waals surface area contributed by atoms with Gasteiger partial charge in [-0.1, -0.05) is 60.7 Å². The number of nitrogens with one attached hydrogen (secondary N) is 1. The molecule has 4 heterocycles. The molecule has 4 nitrogen and oxygen atoms in total. The summed E-state index contributed by atoms with van der Waals surface area (Å²) in [6.45, 7) is 2.00. The predicted molar refractivity (Wildman–Crippen MR) is 184 cm³/mol. The van der Waals surface area contributed by atoms with Crippen molar-refractivity contribution in [2.24, 2.45) is 17.8 Å². The van der Waals surface area contributed by atoms with E-state index < -0.39 is 0 Å². The maximum atomic E-state index is 7.08. The minimum atomic E-state index is -0.280. The minimum Gasteiger partial charge on any atom is -0.486 e. The fourth-order valence-electron chi connectivity index (χ4n) is 10.1. The third-order valence-corrected chi connectivity index (χ3v) is 12.0. The standard InChI is InChI=1S/C42H42N2O2/c1-2-10-27(11-3-1)28-18-20-34-40(24-28)45-38-16-8-5-13-32(38)42(34)33-14-6-9-17-39(33)46-41-25-29(19-21-35(41)42)44-36-15-7-4-12-30(36)31-26-43-23-22-37(31)44/h1-2,5,7-8,13-21,24-25,27,34-35,40-41,43H,3-4,6,9-12,22-23,26H2. The molecule has 8 aliphatic rings. The van der Waals surface area contributed by atoms with Crippen LogP contribution in [-0.4, -0.2) is 23.3 Å². The van der Waals surface area contributed by atoms with Gasteiger partial charge in [0.05, 0.1) is 0 Å². The molecule has 2 aromatic rings. The largest absolute Gasteiger partial charge is 0.486 e. The quantitative estimate of drug-likeness (QED) is 0.350. The van der Waals surface area contributed by atoms with Gasteiger partial charge < -0.3 is 19.4 Å². The first-order chi connectivity index (χ1) is 22.8. The normalized spacial score (nSPS) is 33.1. The summed E-state index contributed by atoms with van der Waals surface area (Å²) < 4.78 is 16.6. The topological polar surface area (TPSA) is 35.4 Å². The van der Waals surface area contributed by atoms with Crippen LogP contribution in [-0.2, 0) is 29.5 Å². The molecule has 46 heavy (non-hydrogen) atoms. The Morgan fingerprint density at radius 3 is 2.63 bits per heavy atom. The molecule has 0 saturated carbocycles.